The number of nitrogens with two attached hydrogens (primary N) is 1. The first-order valence-electron chi connectivity index (χ1n) is 4.77. The van der Waals surface area contributed by atoms with E-state index in [-0.39, 0.29) is 10.7 Å². The standard InChI is InChI=1S/C11H11FN2OS/c1-7-6-16-11(15)14(7)5-8-4-9(12)2-3-10(8)13/h2-4,6H,5,13H2,1H3. The molecular weight excluding hydrogens is 227 g/mol. The Balaban J connectivity index is 2.41. The van der Waals surface area contributed by atoms with Gasteiger partial charge < -0.3 is 5.73 Å². The molecule has 16 heavy (non-hydrogen) atoms. The van der Waals surface area contributed by atoms with Gasteiger partial charge in [-0.05, 0) is 30.7 Å². The molecule has 0 fully saturated rings. The molecule has 0 saturated heterocycles. The van der Waals surface area contributed by atoms with Crippen LogP contribution in [0.1, 0.15) is 11.3 Å². The van der Waals surface area contributed by atoms with Gasteiger partial charge >= 0.3 is 4.87 Å². The molecule has 0 spiro atoms. The van der Waals surface area contributed by atoms with Gasteiger partial charge in [-0.15, -0.1) is 0 Å². The highest BCUT2D eigenvalue weighted by Gasteiger charge is 2.06. The lowest BCUT2D eigenvalue weighted by Gasteiger charge is -2.07. The fourth-order valence-corrected chi connectivity index (χ4v) is 2.21. The molecule has 2 N–H and O–H groups in total. The number of thiazole rings is 1. The smallest absolute Gasteiger partial charge is 0.307 e. The summed E-state index contributed by atoms with van der Waals surface area (Å²) >= 11 is 1.13. The zero-order valence-electron chi connectivity index (χ0n) is 8.74. The minimum atomic E-state index is -0.342. The topological polar surface area (TPSA) is 48.0 Å². The molecule has 0 atom stereocenters. The van der Waals surface area contributed by atoms with Crippen LogP contribution in [0.15, 0.2) is 28.4 Å². The van der Waals surface area contributed by atoms with Crippen LogP contribution in [0.3, 0.4) is 0 Å². The van der Waals surface area contributed by atoms with Crippen LogP contribution in [0.2, 0.25) is 0 Å². The molecule has 0 amide bonds. The van der Waals surface area contributed by atoms with Crippen molar-refractivity contribution in [1.82, 2.24) is 4.57 Å². The van der Waals surface area contributed by atoms with E-state index in [9.17, 15) is 9.18 Å². The van der Waals surface area contributed by atoms with Gasteiger partial charge in [0.1, 0.15) is 5.82 Å². The van der Waals surface area contributed by atoms with E-state index in [0.717, 1.165) is 17.0 Å². The summed E-state index contributed by atoms with van der Waals surface area (Å²) in [5.41, 5.74) is 7.71. The zero-order valence-corrected chi connectivity index (χ0v) is 9.55. The van der Waals surface area contributed by atoms with Crippen LogP contribution >= 0.6 is 11.3 Å². The first kappa shape index (κ1) is 10.9. The Kier molecular flexibility index (Phi) is 2.78. The summed E-state index contributed by atoms with van der Waals surface area (Å²) < 4.78 is 14.6. The van der Waals surface area contributed by atoms with Gasteiger partial charge in [0, 0.05) is 16.8 Å². The maximum atomic E-state index is 13.0. The second-order valence-electron chi connectivity index (χ2n) is 3.57. The number of hydrogen-bond acceptors (Lipinski definition) is 3. The molecule has 1 aromatic heterocycles. The normalized spacial score (nSPS) is 10.6. The van der Waals surface area contributed by atoms with Gasteiger partial charge in [-0.2, -0.15) is 0 Å². The molecule has 5 heteroatoms. The predicted molar refractivity (Wildman–Crippen MR) is 63.2 cm³/mol. The predicted octanol–water partition coefficient (Wildman–Crippen LogP) is 1.99. The Morgan fingerprint density at radius 3 is 2.88 bits per heavy atom. The number of aryl methyl sites for hydroxylation is 1. The average Bonchev–Trinajstić information content (AvgIpc) is 2.55. The highest BCUT2D eigenvalue weighted by Crippen LogP contribution is 2.15. The number of nitrogen functional groups attached to an aromatic ring is 1. The third kappa shape index (κ3) is 1.99. The van der Waals surface area contributed by atoms with Crippen LogP contribution in [-0.4, -0.2) is 4.57 Å². The molecule has 0 aliphatic rings. The van der Waals surface area contributed by atoms with Gasteiger partial charge in [0.15, 0.2) is 0 Å². The van der Waals surface area contributed by atoms with Crippen LogP contribution in [0, 0.1) is 12.7 Å². The maximum absolute atomic E-state index is 13.0. The lowest BCUT2D eigenvalue weighted by Crippen LogP contribution is -2.16. The van der Waals surface area contributed by atoms with Crippen LogP contribution in [0.4, 0.5) is 10.1 Å². The van der Waals surface area contributed by atoms with E-state index in [2.05, 4.69) is 0 Å². The number of rotatable bonds is 2. The van der Waals surface area contributed by atoms with Crippen LogP contribution in [0.5, 0.6) is 0 Å². The van der Waals surface area contributed by atoms with E-state index in [1.807, 2.05) is 6.92 Å². The van der Waals surface area contributed by atoms with E-state index in [0.29, 0.717) is 17.8 Å². The van der Waals surface area contributed by atoms with Gasteiger partial charge in [0.05, 0.1) is 6.54 Å². The molecule has 1 aromatic carbocycles. The molecule has 1 heterocycles. The highest BCUT2D eigenvalue weighted by molar-refractivity contribution is 7.07. The summed E-state index contributed by atoms with van der Waals surface area (Å²) in [6.45, 7) is 2.16. The lowest BCUT2D eigenvalue weighted by atomic mass is 10.1. The largest absolute Gasteiger partial charge is 0.398 e. The van der Waals surface area contributed by atoms with Crippen molar-refractivity contribution in [3.63, 3.8) is 0 Å². The molecule has 0 unspecified atom stereocenters. The summed E-state index contributed by atoms with van der Waals surface area (Å²) in [4.78, 5) is 11.4. The maximum Gasteiger partial charge on any atom is 0.307 e. The molecule has 2 rings (SSSR count). The van der Waals surface area contributed by atoms with Crippen molar-refractivity contribution in [3.8, 4) is 0 Å². The van der Waals surface area contributed by atoms with Crippen molar-refractivity contribution >= 4 is 17.0 Å². The van der Waals surface area contributed by atoms with Gasteiger partial charge in [-0.1, -0.05) is 11.3 Å². The molecule has 0 radical (unpaired) electrons. The zero-order chi connectivity index (χ0) is 11.7. The number of anilines is 1. The fourth-order valence-electron chi connectivity index (χ4n) is 1.48. The number of halogens is 1. The van der Waals surface area contributed by atoms with Crippen LogP contribution in [-0.2, 0) is 6.54 Å². The van der Waals surface area contributed by atoms with E-state index in [1.165, 1.54) is 18.2 Å². The molecule has 0 aliphatic carbocycles. The van der Waals surface area contributed by atoms with E-state index in [4.69, 9.17) is 5.73 Å². The SMILES string of the molecule is Cc1csc(=O)n1Cc1cc(F)ccc1N. The summed E-state index contributed by atoms with van der Waals surface area (Å²) in [5, 5.41) is 1.78. The fraction of sp³-hybridized carbons (Fsp3) is 0.182. The third-order valence-electron chi connectivity index (χ3n) is 2.41. The first-order chi connectivity index (χ1) is 7.58. The quantitative estimate of drug-likeness (QED) is 0.813. The number of nitrogens with zero attached hydrogens (tertiary/aromatic N) is 1. The monoisotopic (exact) mass is 238 g/mol. The highest BCUT2D eigenvalue weighted by atomic mass is 32.1. The third-order valence-corrected chi connectivity index (χ3v) is 3.29. The lowest BCUT2D eigenvalue weighted by molar-refractivity contribution is 0.623. The summed E-state index contributed by atoms with van der Waals surface area (Å²) in [6, 6.07) is 4.18. The average molecular weight is 238 g/mol. The Morgan fingerprint density at radius 1 is 1.50 bits per heavy atom. The minimum absolute atomic E-state index is 0.0545. The van der Waals surface area contributed by atoms with Crippen molar-refractivity contribution in [2.45, 2.75) is 13.5 Å². The van der Waals surface area contributed by atoms with Gasteiger partial charge in [0.2, 0.25) is 0 Å². The van der Waals surface area contributed by atoms with Crippen molar-refractivity contribution in [3.05, 3.63) is 50.3 Å². The van der Waals surface area contributed by atoms with Gasteiger partial charge in [-0.3, -0.25) is 9.36 Å². The number of hydrogen-bond donors (Lipinski definition) is 1. The Labute approximate surface area is 96.0 Å². The van der Waals surface area contributed by atoms with Crippen molar-refractivity contribution < 1.29 is 4.39 Å². The van der Waals surface area contributed by atoms with Crippen molar-refractivity contribution in [2.24, 2.45) is 0 Å². The molecule has 3 nitrogen and oxygen atoms in total. The second-order valence-corrected chi connectivity index (χ2v) is 4.39. The van der Waals surface area contributed by atoms with Crippen molar-refractivity contribution in [1.29, 1.82) is 0 Å². The number of aromatic nitrogens is 1. The summed E-state index contributed by atoms with van der Waals surface area (Å²) in [5.74, 6) is -0.342. The van der Waals surface area contributed by atoms with E-state index < -0.39 is 0 Å². The van der Waals surface area contributed by atoms with Crippen LogP contribution in [0.25, 0.3) is 0 Å². The second kappa shape index (κ2) is 4.09. The molecular formula is C11H11FN2OS. The Morgan fingerprint density at radius 2 is 2.25 bits per heavy atom. The number of benzene rings is 1. The van der Waals surface area contributed by atoms with Crippen molar-refractivity contribution in [2.75, 3.05) is 5.73 Å². The van der Waals surface area contributed by atoms with E-state index in [1.54, 1.807) is 9.95 Å². The van der Waals surface area contributed by atoms with Crippen LogP contribution < -0.4 is 10.6 Å². The molecule has 0 bridgehead atoms. The Hall–Kier alpha value is -1.62. The van der Waals surface area contributed by atoms with Gasteiger partial charge in [-0.25, -0.2) is 4.39 Å². The minimum Gasteiger partial charge on any atom is -0.398 e. The molecule has 84 valence electrons. The van der Waals surface area contributed by atoms with E-state index >= 15 is 0 Å². The van der Waals surface area contributed by atoms with Gasteiger partial charge in [0.25, 0.3) is 0 Å². The molecule has 0 saturated carbocycles. The summed E-state index contributed by atoms with van der Waals surface area (Å²) in [7, 11) is 0. The summed E-state index contributed by atoms with van der Waals surface area (Å²) in [6.07, 6.45) is 0. The molecule has 0 aliphatic heterocycles. The Bertz CT molecular complexity index is 574. The molecule has 2 aromatic rings. The first-order valence-corrected chi connectivity index (χ1v) is 5.64.